The molecule has 1 fully saturated rings. The molecule has 1 rings (SSSR count). The molecular weight excluding hydrogens is 230 g/mol. The van der Waals surface area contributed by atoms with Crippen molar-refractivity contribution < 1.29 is 9.53 Å². The maximum atomic E-state index is 12.3. The number of nitrogens with two attached hydrogens (primary N) is 1. The smallest absolute Gasteiger partial charge is 0.229 e. The number of hydrogen-bond donors (Lipinski definition) is 1. The minimum atomic E-state index is -0.443. The summed E-state index contributed by atoms with van der Waals surface area (Å²) in [4.78, 5) is 16.6. The molecule has 1 aliphatic heterocycles. The Bertz CT molecular complexity index is 269. The number of amides is 1. The van der Waals surface area contributed by atoms with Crippen LogP contribution in [0.5, 0.6) is 0 Å². The quantitative estimate of drug-likeness (QED) is 0.762. The van der Waals surface area contributed by atoms with Crippen molar-refractivity contribution >= 4 is 5.91 Å². The first kappa shape index (κ1) is 15.4. The van der Waals surface area contributed by atoms with Crippen LogP contribution in [-0.2, 0) is 9.53 Å². The Kier molecular flexibility index (Phi) is 6.05. The molecule has 0 saturated carbocycles. The summed E-state index contributed by atoms with van der Waals surface area (Å²) in [6.45, 7) is 9.53. The first-order valence-corrected chi connectivity index (χ1v) is 6.72. The molecule has 1 saturated heterocycles. The van der Waals surface area contributed by atoms with Crippen molar-refractivity contribution in [1.82, 2.24) is 9.80 Å². The predicted molar refractivity (Wildman–Crippen MR) is 72.3 cm³/mol. The Morgan fingerprint density at radius 2 is 2.00 bits per heavy atom. The second-order valence-corrected chi connectivity index (χ2v) is 5.57. The average Bonchev–Trinajstić information content (AvgIpc) is 2.60. The van der Waals surface area contributed by atoms with Crippen molar-refractivity contribution in [1.29, 1.82) is 0 Å². The van der Waals surface area contributed by atoms with Crippen LogP contribution in [0.15, 0.2) is 0 Å². The van der Waals surface area contributed by atoms with Crippen molar-refractivity contribution in [3.8, 4) is 0 Å². The number of hydrogen-bond acceptors (Lipinski definition) is 4. The summed E-state index contributed by atoms with van der Waals surface area (Å²) in [6, 6.07) is 0. The lowest BCUT2D eigenvalue weighted by atomic mass is 9.92. The van der Waals surface area contributed by atoms with Gasteiger partial charge < -0.3 is 15.4 Å². The molecule has 1 aliphatic rings. The van der Waals surface area contributed by atoms with E-state index in [1.54, 1.807) is 7.11 Å². The van der Waals surface area contributed by atoms with Crippen LogP contribution in [0.1, 0.15) is 20.3 Å². The SMILES string of the molecule is COCCN1CCCN(C(=O)C(C)(C)CN)CC1. The summed E-state index contributed by atoms with van der Waals surface area (Å²) >= 11 is 0. The highest BCUT2D eigenvalue weighted by Crippen LogP contribution is 2.18. The standard InChI is InChI=1S/C13H27N3O2/c1-13(2,11-14)12(17)16-6-4-5-15(7-8-16)9-10-18-3/h4-11,14H2,1-3H3. The zero-order valence-corrected chi connectivity index (χ0v) is 11.9. The fourth-order valence-corrected chi connectivity index (χ4v) is 2.13. The molecule has 0 unspecified atom stereocenters. The Balaban J connectivity index is 2.49. The molecule has 18 heavy (non-hydrogen) atoms. The zero-order valence-electron chi connectivity index (χ0n) is 11.9. The second-order valence-electron chi connectivity index (χ2n) is 5.57. The molecule has 0 radical (unpaired) electrons. The van der Waals surface area contributed by atoms with Crippen molar-refractivity contribution in [3.05, 3.63) is 0 Å². The highest BCUT2D eigenvalue weighted by molar-refractivity contribution is 5.82. The second kappa shape index (κ2) is 7.07. The Labute approximate surface area is 110 Å². The minimum Gasteiger partial charge on any atom is -0.383 e. The van der Waals surface area contributed by atoms with Gasteiger partial charge in [0, 0.05) is 39.8 Å². The van der Waals surface area contributed by atoms with E-state index in [9.17, 15) is 4.79 Å². The summed E-state index contributed by atoms with van der Waals surface area (Å²) in [5.74, 6) is 0.179. The van der Waals surface area contributed by atoms with Gasteiger partial charge in [-0.2, -0.15) is 0 Å². The first-order valence-electron chi connectivity index (χ1n) is 6.72. The molecule has 0 atom stereocenters. The topological polar surface area (TPSA) is 58.8 Å². The summed E-state index contributed by atoms with van der Waals surface area (Å²) in [5, 5.41) is 0. The van der Waals surface area contributed by atoms with E-state index < -0.39 is 5.41 Å². The molecule has 5 heteroatoms. The fraction of sp³-hybridized carbons (Fsp3) is 0.923. The number of ether oxygens (including phenoxy) is 1. The van der Waals surface area contributed by atoms with Crippen molar-refractivity contribution in [3.63, 3.8) is 0 Å². The minimum absolute atomic E-state index is 0.179. The van der Waals surface area contributed by atoms with Crippen LogP contribution in [0.2, 0.25) is 0 Å². The van der Waals surface area contributed by atoms with E-state index in [1.165, 1.54) is 0 Å². The summed E-state index contributed by atoms with van der Waals surface area (Å²) < 4.78 is 5.09. The maximum absolute atomic E-state index is 12.3. The molecule has 5 nitrogen and oxygen atoms in total. The summed E-state index contributed by atoms with van der Waals surface area (Å²) in [6.07, 6.45) is 1.02. The largest absolute Gasteiger partial charge is 0.383 e. The molecule has 0 aromatic heterocycles. The summed E-state index contributed by atoms with van der Waals surface area (Å²) in [5.41, 5.74) is 5.23. The van der Waals surface area contributed by atoms with Gasteiger partial charge in [-0.1, -0.05) is 0 Å². The number of rotatable bonds is 5. The number of carbonyl (C=O) groups is 1. The van der Waals surface area contributed by atoms with Gasteiger partial charge in [0.05, 0.1) is 12.0 Å². The third kappa shape index (κ3) is 4.23. The molecule has 0 aromatic rings. The van der Waals surface area contributed by atoms with Gasteiger partial charge >= 0.3 is 0 Å². The van der Waals surface area contributed by atoms with Crippen LogP contribution < -0.4 is 5.73 Å². The zero-order chi connectivity index (χ0) is 13.6. The van der Waals surface area contributed by atoms with Crippen molar-refractivity contribution in [2.24, 2.45) is 11.1 Å². The normalized spacial score (nSPS) is 18.8. The van der Waals surface area contributed by atoms with Crippen LogP contribution in [0.25, 0.3) is 0 Å². The molecule has 106 valence electrons. The number of methoxy groups -OCH3 is 1. The Morgan fingerprint density at radius 3 is 2.61 bits per heavy atom. The predicted octanol–water partition coefficient (Wildman–Crippen LogP) is 0.152. The lowest BCUT2D eigenvalue weighted by molar-refractivity contribution is -0.139. The van der Waals surface area contributed by atoms with Gasteiger partial charge in [-0.3, -0.25) is 9.69 Å². The van der Waals surface area contributed by atoms with E-state index in [4.69, 9.17) is 10.5 Å². The average molecular weight is 257 g/mol. The van der Waals surface area contributed by atoms with Crippen LogP contribution in [0.4, 0.5) is 0 Å². The molecule has 1 amide bonds. The van der Waals surface area contributed by atoms with E-state index in [1.807, 2.05) is 18.7 Å². The number of carbonyl (C=O) groups excluding carboxylic acids is 1. The Hall–Kier alpha value is -0.650. The van der Waals surface area contributed by atoms with E-state index in [2.05, 4.69) is 4.90 Å². The third-order valence-corrected chi connectivity index (χ3v) is 3.58. The van der Waals surface area contributed by atoms with Gasteiger partial charge in [-0.25, -0.2) is 0 Å². The van der Waals surface area contributed by atoms with Gasteiger partial charge in [0.1, 0.15) is 0 Å². The lowest BCUT2D eigenvalue weighted by Gasteiger charge is -2.30. The first-order chi connectivity index (χ1) is 8.51. The maximum Gasteiger partial charge on any atom is 0.229 e. The van der Waals surface area contributed by atoms with E-state index >= 15 is 0 Å². The van der Waals surface area contributed by atoms with Crippen LogP contribution in [-0.4, -0.2) is 68.7 Å². The van der Waals surface area contributed by atoms with E-state index in [0.29, 0.717) is 6.54 Å². The van der Waals surface area contributed by atoms with E-state index in [-0.39, 0.29) is 5.91 Å². The van der Waals surface area contributed by atoms with Gasteiger partial charge in [-0.15, -0.1) is 0 Å². The Morgan fingerprint density at radius 1 is 1.28 bits per heavy atom. The monoisotopic (exact) mass is 257 g/mol. The van der Waals surface area contributed by atoms with Gasteiger partial charge in [0.2, 0.25) is 5.91 Å². The van der Waals surface area contributed by atoms with Gasteiger partial charge in [-0.05, 0) is 26.8 Å². The molecule has 0 aromatic carbocycles. The molecule has 0 spiro atoms. The van der Waals surface area contributed by atoms with Gasteiger partial charge in [0.25, 0.3) is 0 Å². The number of nitrogens with zero attached hydrogens (tertiary/aromatic N) is 2. The molecule has 0 bridgehead atoms. The molecule has 0 aliphatic carbocycles. The van der Waals surface area contributed by atoms with E-state index in [0.717, 1.165) is 45.8 Å². The van der Waals surface area contributed by atoms with Crippen LogP contribution in [0.3, 0.4) is 0 Å². The summed E-state index contributed by atoms with van der Waals surface area (Å²) in [7, 11) is 1.72. The van der Waals surface area contributed by atoms with Crippen molar-refractivity contribution in [2.45, 2.75) is 20.3 Å². The van der Waals surface area contributed by atoms with Gasteiger partial charge in [0.15, 0.2) is 0 Å². The van der Waals surface area contributed by atoms with Crippen LogP contribution in [0, 0.1) is 5.41 Å². The lowest BCUT2D eigenvalue weighted by Crippen LogP contribution is -2.46. The fourth-order valence-electron chi connectivity index (χ4n) is 2.13. The van der Waals surface area contributed by atoms with Crippen molar-refractivity contribution in [2.75, 3.05) is 53.0 Å². The molecule has 2 N–H and O–H groups in total. The highest BCUT2D eigenvalue weighted by Gasteiger charge is 2.31. The molecular formula is C13H27N3O2. The molecule has 1 heterocycles. The third-order valence-electron chi connectivity index (χ3n) is 3.58. The highest BCUT2D eigenvalue weighted by atomic mass is 16.5. The van der Waals surface area contributed by atoms with Crippen LogP contribution >= 0.6 is 0 Å².